The molecule has 8 aromatic carbocycles. The summed E-state index contributed by atoms with van der Waals surface area (Å²) >= 11 is 1.80. The minimum Gasteiger partial charge on any atom is -0.309 e. The van der Waals surface area contributed by atoms with Gasteiger partial charge in [0.2, 0.25) is 5.95 Å². The molecule has 3 aromatic heterocycles. The van der Waals surface area contributed by atoms with E-state index in [2.05, 4.69) is 197 Å². The summed E-state index contributed by atoms with van der Waals surface area (Å²) in [5.74, 6) is 1.34. The molecule has 0 radical (unpaired) electrons. The van der Waals surface area contributed by atoms with E-state index in [4.69, 9.17) is 9.97 Å². The van der Waals surface area contributed by atoms with Crippen molar-refractivity contribution in [2.24, 2.45) is 0 Å². The van der Waals surface area contributed by atoms with Gasteiger partial charge >= 0.3 is 0 Å². The zero-order valence-corrected chi connectivity index (χ0v) is 32.4. The lowest BCUT2D eigenvalue weighted by Crippen LogP contribution is -2.03. The summed E-state index contributed by atoms with van der Waals surface area (Å²) in [5, 5.41) is 6.01. The van der Waals surface area contributed by atoms with Crippen LogP contribution < -0.4 is 0 Å². The minimum atomic E-state index is 0.659. The summed E-state index contributed by atoms with van der Waals surface area (Å²) in [5.41, 5.74) is 12.6. The predicted molar refractivity (Wildman–Crippen MR) is 242 cm³/mol. The highest BCUT2D eigenvalue weighted by molar-refractivity contribution is 7.99. The van der Waals surface area contributed by atoms with Crippen molar-refractivity contribution in [2.45, 2.75) is 28.6 Å². The van der Waals surface area contributed by atoms with Crippen molar-refractivity contribution in [2.75, 3.05) is 0 Å². The van der Waals surface area contributed by atoms with Crippen LogP contribution in [0.25, 0.3) is 88.5 Å². The monoisotopic (exact) mass is 760 g/mol. The van der Waals surface area contributed by atoms with Crippen molar-refractivity contribution in [3.63, 3.8) is 0 Å². The summed E-state index contributed by atoms with van der Waals surface area (Å²) in [4.78, 5) is 12.9. The Kier molecular flexibility index (Phi) is 7.63. The van der Waals surface area contributed by atoms with Gasteiger partial charge in [0.05, 0.1) is 33.3 Å². The van der Waals surface area contributed by atoms with Gasteiger partial charge in [-0.05, 0) is 96.1 Å². The van der Waals surface area contributed by atoms with E-state index in [1.807, 2.05) is 0 Å². The van der Waals surface area contributed by atoms with Crippen molar-refractivity contribution in [1.29, 1.82) is 0 Å². The molecule has 1 saturated carbocycles. The first-order chi connectivity index (χ1) is 28.7. The zero-order valence-electron chi connectivity index (χ0n) is 31.6. The van der Waals surface area contributed by atoms with Gasteiger partial charge in [0.25, 0.3) is 0 Å². The molecule has 0 N–H and O–H groups in total. The molecular weight excluding hydrogens is 725 g/mol. The number of rotatable bonds is 7. The van der Waals surface area contributed by atoms with Crippen LogP contribution in [0.2, 0.25) is 0 Å². The number of hydrogen-bond donors (Lipinski definition) is 0. The molecule has 1 aliphatic carbocycles. The van der Waals surface area contributed by atoms with Crippen molar-refractivity contribution < 1.29 is 0 Å². The number of aromatic nitrogens is 4. The number of para-hydroxylation sites is 2. The van der Waals surface area contributed by atoms with Gasteiger partial charge in [-0.1, -0.05) is 139 Å². The highest BCUT2D eigenvalue weighted by Crippen LogP contribution is 2.44. The second-order valence-electron chi connectivity index (χ2n) is 15.4. The molecule has 0 aliphatic heterocycles. The van der Waals surface area contributed by atoms with Gasteiger partial charge in [0.15, 0.2) is 0 Å². The normalized spacial score (nSPS) is 13.0. The fourth-order valence-corrected chi connectivity index (χ4v) is 9.70. The molecule has 1 aliphatic rings. The Morgan fingerprint density at radius 1 is 0.414 bits per heavy atom. The van der Waals surface area contributed by atoms with Crippen LogP contribution >= 0.6 is 11.8 Å². The summed E-state index contributed by atoms with van der Waals surface area (Å²) < 4.78 is 4.69. The average molecular weight is 761 g/mol. The lowest BCUT2D eigenvalue weighted by molar-refractivity contribution is 1.01. The SMILES string of the molecule is c1ccc(-c2ccc(-n3c4ccccc4c4ccc(Sc5ccc6c7cc(C8CC8)ccc7n(-c7nc(-c8ccccc8)c8ccccc8n7)c6c5)cc43)cc2)cc1. The van der Waals surface area contributed by atoms with Crippen LogP contribution in [0.15, 0.2) is 198 Å². The number of fused-ring (bicyclic) bond motifs is 7. The maximum atomic E-state index is 5.36. The van der Waals surface area contributed by atoms with Gasteiger partial charge in [-0.25, -0.2) is 9.97 Å². The quantitative estimate of drug-likeness (QED) is 0.162. The van der Waals surface area contributed by atoms with Gasteiger partial charge in [-0.3, -0.25) is 4.57 Å². The maximum Gasteiger partial charge on any atom is 0.235 e. The highest BCUT2D eigenvalue weighted by atomic mass is 32.2. The molecule has 0 atom stereocenters. The molecule has 11 aromatic rings. The van der Waals surface area contributed by atoms with Crippen LogP contribution in [0.3, 0.4) is 0 Å². The third-order valence-corrected chi connectivity index (χ3v) is 12.7. The van der Waals surface area contributed by atoms with E-state index in [1.165, 1.54) is 67.0 Å². The molecule has 0 amide bonds. The van der Waals surface area contributed by atoms with E-state index in [-0.39, 0.29) is 0 Å². The first-order valence-electron chi connectivity index (χ1n) is 20.0. The molecule has 0 unspecified atom stereocenters. The van der Waals surface area contributed by atoms with E-state index in [0.717, 1.165) is 43.8 Å². The molecular formula is C53H36N4S. The summed E-state index contributed by atoms with van der Waals surface area (Å²) in [6.07, 6.45) is 2.53. The molecule has 0 spiro atoms. The van der Waals surface area contributed by atoms with Crippen LogP contribution in [0.4, 0.5) is 0 Å². The Morgan fingerprint density at radius 3 is 1.74 bits per heavy atom. The third kappa shape index (κ3) is 5.53. The summed E-state index contributed by atoms with van der Waals surface area (Å²) in [6, 6.07) is 67.9. The van der Waals surface area contributed by atoms with Crippen LogP contribution in [-0.2, 0) is 0 Å². The number of hydrogen-bond acceptors (Lipinski definition) is 3. The molecule has 58 heavy (non-hydrogen) atoms. The zero-order chi connectivity index (χ0) is 38.2. The van der Waals surface area contributed by atoms with Crippen molar-refractivity contribution in [1.82, 2.24) is 19.1 Å². The maximum absolute atomic E-state index is 5.36. The Bertz CT molecular complexity index is 3360. The molecule has 0 saturated heterocycles. The first kappa shape index (κ1) is 33.2. The number of benzene rings is 8. The fourth-order valence-electron chi connectivity index (χ4n) is 8.81. The van der Waals surface area contributed by atoms with Crippen LogP contribution in [0, 0.1) is 0 Å². The minimum absolute atomic E-state index is 0.659. The fraction of sp³-hybridized carbons (Fsp3) is 0.0566. The Labute approximate surface area is 340 Å². The predicted octanol–water partition coefficient (Wildman–Crippen LogP) is 14.2. The summed E-state index contributed by atoms with van der Waals surface area (Å²) in [7, 11) is 0. The molecule has 0 bridgehead atoms. The highest BCUT2D eigenvalue weighted by Gasteiger charge is 2.25. The van der Waals surface area contributed by atoms with Crippen molar-refractivity contribution in [3.05, 3.63) is 194 Å². The molecule has 3 heterocycles. The van der Waals surface area contributed by atoms with Crippen molar-refractivity contribution in [3.8, 4) is 34.0 Å². The Balaban J connectivity index is 1.00. The van der Waals surface area contributed by atoms with Crippen LogP contribution in [-0.4, -0.2) is 19.1 Å². The van der Waals surface area contributed by atoms with Gasteiger partial charge in [-0.15, -0.1) is 0 Å². The van der Waals surface area contributed by atoms with Crippen LogP contribution in [0.1, 0.15) is 24.3 Å². The molecule has 4 nitrogen and oxygen atoms in total. The Hall–Kier alpha value is -6.95. The molecule has 274 valence electrons. The van der Waals surface area contributed by atoms with E-state index in [1.54, 1.807) is 11.8 Å². The second kappa shape index (κ2) is 13.3. The smallest absolute Gasteiger partial charge is 0.235 e. The van der Waals surface area contributed by atoms with E-state index in [0.29, 0.717) is 11.9 Å². The van der Waals surface area contributed by atoms with Gasteiger partial charge in [0, 0.05) is 48.0 Å². The lowest BCUT2D eigenvalue weighted by Gasteiger charge is -2.12. The number of nitrogens with zero attached hydrogens (tertiary/aromatic N) is 4. The van der Waals surface area contributed by atoms with E-state index >= 15 is 0 Å². The molecule has 12 rings (SSSR count). The van der Waals surface area contributed by atoms with Crippen LogP contribution in [0.5, 0.6) is 0 Å². The Morgan fingerprint density at radius 2 is 1.00 bits per heavy atom. The topological polar surface area (TPSA) is 35.6 Å². The van der Waals surface area contributed by atoms with E-state index in [9.17, 15) is 0 Å². The first-order valence-corrected chi connectivity index (χ1v) is 20.8. The third-order valence-electron chi connectivity index (χ3n) is 11.8. The average Bonchev–Trinajstić information content (AvgIpc) is 4.02. The standard InChI is InChI=1S/C53H36N4S/c1-3-11-34(12-4-1)35-21-24-39(25-22-35)56-48-18-10-8-15-42(48)43-28-26-40(32-50(43)56)58-41-27-29-44-46-31-38(36-19-20-36)23-30-49(46)57(51(44)33-41)53-54-47-17-9-7-16-45(47)52(55-53)37-13-5-2-6-14-37/h1-18,21-33,36H,19-20H2. The summed E-state index contributed by atoms with van der Waals surface area (Å²) in [6.45, 7) is 0. The van der Waals surface area contributed by atoms with E-state index < -0.39 is 0 Å². The van der Waals surface area contributed by atoms with Gasteiger partial charge < -0.3 is 4.57 Å². The molecule has 5 heteroatoms. The van der Waals surface area contributed by atoms with Gasteiger partial charge in [0.1, 0.15) is 0 Å². The van der Waals surface area contributed by atoms with Crippen molar-refractivity contribution >= 4 is 66.3 Å². The van der Waals surface area contributed by atoms with Gasteiger partial charge in [-0.2, -0.15) is 0 Å². The largest absolute Gasteiger partial charge is 0.309 e. The second-order valence-corrected chi connectivity index (χ2v) is 16.5. The molecule has 1 fully saturated rings. The lowest BCUT2D eigenvalue weighted by atomic mass is 10.1.